The van der Waals surface area contributed by atoms with Crippen molar-refractivity contribution in [3.05, 3.63) is 0 Å². The average molecular weight is 188 g/mol. The Balaban J connectivity index is 3.27. The molecule has 0 saturated heterocycles. The normalized spacial score (nSPS) is 13.6. The third-order valence-electron chi connectivity index (χ3n) is 2.34. The van der Waals surface area contributed by atoms with Gasteiger partial charge in [-0.3, -0.25) is 0 Å². The van der Waals surface area contributed by atoms with Gasteiger partial charge in [-0.2, -0.15) is 0 Å². The molecule has 1 atom stereocenters. The van der Waals surface area contributed by atoms with Gasteiger partial charge in [-0.15, -0.1) is 0 Å². The quantitative estimate of drug-likeness (QED) is 0.593. The van der Waals surface area contributed by atoms with E-state index in [0.717, 1.165) is 18.8 Å². The lowest BCUT2D eigenvalue weighted by atomic mass is 10.0. The van der Waals surface area contributed by atoms with Gasteiger partial charge in [0.05, 0.1) is 6.10 Å². The summed E-state index contributed by atoms with van der Waals surface area (Å²) in [4.78, 5) is 0. The van der Waals surface area contributed by atoms with Crippen LogP contribution in [0.15, 0.2) is 0 Å². The molecule has 0 rings (SSSR count). The van der Waals surface area contributed by atoms with Gasteiger partial charge in [-0.25, -0.2) is 0 Å². The fourth-order valence-corrected chi connectivity index (χ4v) is 1.45. The second kappa shape index (κ2) is 8.52. The first-order valence-electron chi connectivity index (χ1n) is 5.34. The van der Waals surface area contributed by atoms with E-state index in [1.54, 1.807) is 7.11 Å². The average Bonchev–Trinajstić information content (AvgIpc) is 2.10. The molecule has 0 spiro atoms. The summed E-state index contributed by atoms with van der Waals surface area (Å²) in [5, 5.41) is 8.73. The van der Waals surface area contributed by atoms with Crippen LogP contribution in [0.3, 0.4) is 0 Å². The largest absolute Gasteiger partial charge is 0.396 e. The van der Waals surface area contributed by atoms with Crippen LogP contribution in [0.1, 0.15) is 46.0 Å². The van der Waals surface area contributed by atoms with Crippen molar-refractivity contribution in [1.82, 2.24) is 0 Å². The van der Waals surface area contributed by atoms with Crippen molar-refractivity contribution in [2.24, 2.45) is 5.92 Å². The van der Waals surface area contributed by atoms with Crippen molar-refractivity contribution < 1.29 is 9.84 Å². The predicted molar refractivity (Wildman–Crippen MR) is 55.8 cm³/mol. The van der Waals surface area contributed by atoms with Gasteiger partial charge < -0.3 is 9.84 Å². The molecule has 2 heteroatoms. The van der Waals surface area contributed by atoms with E-state index < -0.39 is 0 Å². The van der Waals surface area contributed by atoms with Crippen LogP contribution in [-0.2, 0) is 4.74 Å². The van der Waals surface area contributed by atoms with Crippen LogP contribution in [0.4, 0.5) is 0 Å². The molecule has 0 heterocycles. The van der Waals surface area contributed by atoms with Crippen molar-refractivity contribution >= 4 is 0 Å². The van der Waals surface area contributed by atoms with Crippen LogP contribution < -0.4 is 0 Å². The summed E-state index contributed by atoms with van der Waals surface area (Å²) in [7, 11) is 1.72. The molecule has 80 valence electrons. The molecular formula is C11H24O2. The fourth-order valence-electron chi connectivity index (χ4n) is 1.45. The van der Waals surface area contributed by atoms with Crippen LogP contribution >= 0.6 is 0 Å². The maximum Gasteiger partial charge on any atom is 0.0593 e. The second-order valence-electron chi connectivity index (χ2n) is 4.05. The lowest BCUT2D eigenvalue weighted by Gasteiger charge is -2.13. The van der Waals surface area contributed by atoms with Gasteiger partial charge in [-0.1, -0.05) is 33.1 Å². The summed E-state index contributed by atoms with van der Waals surface area (Å²) >= 11 is 0. The smallest absolute Gasteiger partial charge is 0.0593 e. The van der Waals surface area contributed by atoms with Gasteiger partial charge >= 0.3 is 0 Å². The van der Waals surface area contributed by atoms with Crippen LogP contribution in [0.25, 0.3) is 0 Å². The van der Waals surface area contributed by atoms with Crippen LogP contribution in [0.5, 0.6) is 0 Å². The minimum absolute atomic E-state index is 0.239. The Labute approximate surface area is 82.3 Å². The minimum atomic E-state index is 0.239. The molecule has 0 bridgehead atoms. The Morgan fingerprint density at radius 2 is 1.69 bits per heavy atom. The number of hydrogen-bond acceptors (Lipinski definition) is 2. The van der Waals surface area contributed by atoms with E-state index >= 15 is 0 Å². The maximum absolute atomic E-state index is 8.73. The number of unbranched alkanes of at least 4 members (excludes halogenated alkanes) is 1. The highest BCUT2D eigenvalue weighted by Gasteiger charge is 2.05. The Kier molecular flexibility index (Phi) is 8.46. The standard InChI is InChI=1S/C11H24O2/c1-10(2)6-4-5-7-11(13-3)8-9-12/h10-12H,4-9H2,1-3H3. The Morgan fingerprint density at radius 3 is 2.15 bits per heavy atom. The number of rotatable bonds is 8. The number of ether oxygens (including phenoxy) is 1. The molecule has 0 aromatic rings. The maximum atomic E-state index is 8.73. The van der Waals surface area contributed by atoms with Crippen molar-refractivity contribution in [1.29, 1.82) is 0 Å². The molecule has 0 fully saturated rings. The number of aliphatic hydroxyl groups is 1. The zero-order chi connectivity index (χ0) is 10.1. The topological polar surface area (TPSA) is 29.5 Å². The van der Waals surface area contributed by atoms with Gasteiger partial charge in [0, 0.05) is 13.7 Å². The van der Waals surface area contributed by atoms with E-state index in [-0.39, 0.29) is 12.7 Å². The lowest BCUT2D eigenvalue weighted by Crippen LogP contribution is -2.12. The molecule has 0 saturated carbocycles. The molecule has 1 unspecified atom stereocenters. The highest BCUT2D eigenvalue weighted by Crippen LogP contribution is 2.12. The first kappa shape index (κ1) is 12.9. The van der Waals surface area contributed by atoms with Gasteiger partial charge in [0.1, 0.15) is 0 Å². The van der Waals surface area contributed by atoms with E-state index in [2.05, 4.69) is 13.8 Å². The summed E-state index contributed by atoms with van der Waals surface area (Å²) < 4.78 is 5.24. The molecule has 0 aromatic carbocycles. The first-order valence-corrected chi connectivity index (χ1v) is 5.34. The molecule has 0 amide bonds. The zero-order valence-corrected chi connectivity index (χ0v) is 9.25. The molecule has 13 heavy (non-hydrogen) atoms. The third kappa shape index (κ3) is 8.26. The van der Waals surface area contributed by atoms with Crippen molar-refractivity contribution in [3.8, 4) is 0 Å². The van der Waals surface area contributed by atoms with Gasteiger partial charge in [0.2, 0.25) is 0 Å². The first-order chi connectivity index (χ1) is 6.20. The minimum Gasteiger partial charge on any atom is -0.396 e. The SMILES string of the molecule is COC(CCO)CCCCC(C)C. The zero-order valence-electron chi connectivity index (χ0n) is 9.25. The molecule has 0 aromatic heterocycles. The van der Waals surface area contributed by atoms with Gasteiger partial charge in [0.25, 0.3) is 0 Å². The molecule has 0 aliphatic heterocycles. The van der Waals surface area contributed by atoms with E-state index in [1.165, 1.54) is 19.3 Å². The summed E-state index contributed by atoms with van der Waals surface area (Å²) in [5.74, 6) is 0.804. The monoisotopic (exact) mass is 188 g/mol. The molecule has 0 radical (unpaired) electrons. The summed E-state index contributed by atoms with van der Waals surface area (Å²) in [5.41, 5.74) is 0. The Morgan fingerprint density at radius 1 is 1.08 bits per heavy atom. The predicted octanol–water partition coefficient (Wildman–Crippen LogP) is 2.60. The number of hydrogen-bond donors (Lipinski definition) is 1. The van der Waals surface area contributed by atoms with Crippen LogP contribution in [0, 0.1) is 5.92 Å². The fraction of sp³-hybridized carbons (Fsp3) is 1.00. The molecule has 1 N–H and O–H groups in total. The second-order valence-corrected chi connectivity index (χ2v) is 4.05. The van der Waals surface area contributed by atoms with Gasteiger partial charge in [-0.05, 0) is 18.8 Å². The van der Waals surface area contributed by atoms with Crippen molar-refractivity contribution in [2.75, 3.05) is 13.7 Å². The Hall–Kier alpha value is -0.0800. The van der Waals surface area contributed by atoms with E-state index in [1.807, 2.05) is 0 Å². The summed E-state index contributed by atoms with van der Waals surface area (Å²) in [6, 6.07) is 0. The van der Waals surface area contributed by atoms with Crippen LogP contribution in [0.2, 0.25) is 0 Å². The lowest BCUT2D eigenvalue weighted by molar-refractivity contribution is 0.0689. The van der Waals surface area contributed by atoms with Crippen molar-refractivity contribution in [2.45, 2.75) is 52.1 Å². The van der Waals surface area contributed by atoms with E-state index in [4.69, 9.17) is 9.84 Å². The molecule has 0 aliphatic rings. The summed E-state index contributed by atoms with van der Waals surface area (Å²) in [6.07, 6.45) is 5.93. The van der Waals surface area contributed by atoms with E-state index in [9.17, 15) is 0 Å². The van der Waals surface area contributed by atoms with Crippen LogP contribution in [-0.4, -0.2) is 24.9 Å². The highest BCUT2D eigenvalue weighted by molar-refractivity contribution is 4.57. The molecule has 2 nitrogen and oxygen atoms in total. The highest BCUT2D eigenvalue weighted by atomic mass is 16.5. The number of aliphatic hydroxyl groups excluding tert-OH is 1. The van der Waals surface area contributed by atoms with E-state index in [0.29, 0.717) is 0 Å². The van der Waals surface area contributed by atoms with Gasteiger partial charge in [0.15, 0.2) is 0 Å². The summed E-state index contributed by atoms with van der Waals surface area (Å²) in [6.45, 7) is 4.74. The Bertz CT molecular complexity index is 102. The molecule has 0 aliphatic carbocycles. The molecular weight excluding hydrogens is 164 g/mol. The van der Waals surface area contributed by atoms with Crippen molar-refractivity contribution in [3.63, 3.8) is 0 Å². The third-order valence-corrected chi connectivity index (χ3v) is 2.34. The number of methoxy groups -OCH3 is 1.